The van der Waals surface area contributed by atoms with Gasteiger partial charge in [0, 0.05) is 36.6 Å². The van der Waals surface area contributed by atoms with Crippen LogP contribution in [0, 0.1) is 5.92 Å². The lowest BCUT2D eigenvalue weighted by atomic mass is 10.0. The highest BCUT2D eigenvalue weighted by Crippen LogP contribution is 2.16. The zero-order valence-electron chi connectivity index (χ0n) is 11.8. The van der Waals surface area contributed by atoms with E-state index in [2.05, 4.69) is 5.32 Å². The topological polar surface area (TPSA) is 71.3 Å². The number of aromatic nitrogens is 1. The van der Waals surface area contributed by atoms with Crippen LogP contribution in [0.4, 0.5) is 5.69 Å². The van der Waals surface area contributed by atoms with Crippen LogP contribution in [0.3, 0.4) is 0 Å². The fourth-order valence-corrected chi connectivity index (χ4v) is 2.15. The van der Waals surface area contributed by atoms with E-state index in [1.165, 1.54) is 0 Å². The van der Waals surface area contributed by atoms with E-state index in [1.807, 2.05) is 53.4 Å². The Bertz CT molecular complexity index is 620. The minimum absolute atomic E-state index is 0.00315. The molecule has 0 aliphatic heterocycles. The molecule has 21 heavy (non-hydrogen) atoms. The normalized spacial score (nSPS) is 11.9. The molecule has 5 heteroatoms. The lowest BCUT2D eigenvalue weighted by Crippen LogP contribution is -2.17. The van der Waals surface area contributed by atoms with Crippen LogP contribution >= 0.6 is 0 Å². The Hall–Kier alpha value is -2.56. The second-order valence-corrected chi connectivity index (χ2v) is 5.10. The predicted molar refractivity (Wildman–Crippen MR) is 80.4 cm³/mol. The Morgan fingerprint density at radius 3 is 2.57 bits per heavy atom. The highest BCUT2D eigenvalue weighted by molar-refractivity contribution is 5.91. The second-order valence-electron chi connectivity index (χ2n) is 5.10. The number of benzene rings is 1. The Balaban J connectivity index is 1.98. The summed E-state index contributed by atoms with van der Waals surface area (Å²) in [6.45, 7) is 1.75. The molecule has 2 N–H and O–H groups in total. The number of anilines is 1. The summed E-state index contributed by atoms with van der Waals surface area (Å²) < 4.78 is 1.95. The molecule has 0 bridgehead atoms. The second kappa shape index (κ2) is 6.74. The third kappa shape index (κ3) is 4.49. The van der Waals surface area contributed by atoms with Crippen molar-refractivity contribution in [1.82, 2.24) is 4.57 Å². The molecule has 110 valence electrons. The summed E-state index contributed by atoms with van der Waals surface area (Å²) >= 11 is 0. The van der Waals surface area contributed by atoms with Gasteiger partial charge < -0.3 is 15.0 Å². The minimum Gasteiger partial charge on any atom is -0.481 e. The van der Waals surface area contributed by atoms with Crippen molar-refractivity contribution in [1.29, 1.82) is 0 Å². The van der Waals surface area contributed by atoms with Gasteiger partial charge in [0.25, 0.3) is 0 Å². The van der Waals surface area contributed by atoms with Gasteiger partial charge in [0.15, 0.2) is 0 Å². The number of carboxylic acids is 1. The lowest BCUT2D eigenvalue weighted by Gasteiger charge is -2.11. The molecule has 1 unspecified atom stereocenters. The molecule has 1 atom stereocenters. The summed E-state index contributed by atoms with van der Waals surface area (Å²) in [4.78, 5) is 22.5. The van der Waals surface area contributed by atoms with Crippen LogP contribution in [0.5, 0.6) is 0 Å². The van der Waals surface area contributed by atoms with Crippen molar-refractivity contribution in [2.24, 2.45) is 5.92 Å². The maximum Gasteiger partial charge on any atom is 0.303 e. The minimum atomic E-state index is -0.884. The van der Waals surface area contributed by atoms with Crippen molar-refractivity contribution < 1.29 is 14.7 Å². The zero-order chi connectivity index (χ0) is 15.2. The van der Waals surface area contributed by atoms with Gasteiger partial charge in [-0.3, -0.25) is 9.59 Å². The molecule has 0 aliphatic carbocycles. The van der Waals surface area contributed by atoms with E-state index >= 15 is 0 Å². The largest absolute Gasteiger partial charge is 0.481 e. The summed E-state index contributed by atoms with van der Waals surface area (Å²) in [5.41, 5.74) is 1.66. The third-order valence-electron chi connectivity index (χ3n) is 3.09. The molecule has 0 saturated heterocycles. The highest BCUT2D eigenvalue weighted by atomic mass is 16.4. The molecule has 5 nitrogen and oxygen atoms in total. The Labute approximate surface area is 123 Å². The summed E-state index contributed by atoms with van der Waals surface area (Å²) in [6.07, 6.45) is 4.04. The first-order valence-electron chi connectivity index (χ1n) is 6.79. The van der Waals surface area contributed by atoms with Crippen LogP contribution < -0.4 is 5.32 Å². The summed E-state index contributed by atoms with van der Waals surface area (Å²) in [5, 5.41) is 11.5. The van der Waals surface area contributed by atoms with E-state index < -0.39 is 5.97 Å². The van der Waals surface area contributed by atoms with Crippen LogP contribution in [-0.4, -0.2) is 21.6 Å². The molecule has 1 heterocycles. The van der Waals surface area contributed by atoms with Crippen LogP contribution in [0.1, 0.15) is 19.8 Å². The molecule has 0 saturated carbocycles. The molecule has 0 spiro atoms. The van der Waals surface area contributed by atoms with Gasteiger partial charge in [-0.05, 0) is 36.2 Å². The van der Waals surface area contributed by atoms with Gasteiger partial charge in [-0.2, -0.15) is 0 Å². The van der Waals surface area contributed by atoms with Gasteiger partial charge in [0.05, 0.1) is 0 Å². The Morgan fingerprint density at radius 2 is 1.90 bits per heavy atom. The average Bonchev–Trinajstić information content (AvgIpc) is 2.91. The van der Waals surface area contributed by atoms with Crippen LogP contribution in [0.2, 0.25) is 0 Å². The van der Waals surface area contributed by atoms with Crippen LogP contribution in [0.25, 0.3) is 5.69 Å². The number of hydrogen-bond donors (Lipinski definition) is 2. The number of rotatable bonds is 6. The number of nitrogens with zero attached hydrogens (tertiary/aromatic N) is 1. The first-order chi connectivity index (χ1) is 10.0. The monoisotopic (exact) mass is 286 g/mol. The van der Waals surface area contributed by atoms with E-state index in [0.29, 0.717) is 5.69 Å². The SMILES string of the molecule is CC(CC(=O)O)CC(=O)Nc1cccc(-n2cccc2)c1. The highest BCUT2D eigenvalue weighted by Gasteiger charge is 2.12. The Morgan fingerprint density at radius 1 is 1.19 bits per heavy atom. The van der Waals surface area contributed by atoms with E-state index in [9.17, 15) is 9.59 Å². The van der Waals surface area contributed by atoms with Gasteiger partial charge in [-0.25, -0.2) is 0 Å². The van der Waals surface area contributed by atoms with Gasteiger partial charge in [-0.1, -0.05) is 13.0 Å². The quantitative estimate of drug-likeness (QED) is 0.857. The number of carbonyl (C=O) groups is 2. The fraction of sp³-hybridized carbons (Fsp3) is 0.250. The number of nitrogens with one attached hydrogen (secondary N) is 1. The molecule has 1 aromatic carbocycles. The van der Waals surface area contributed by atoms with E-state index in [0.717, 1.165) is 5.69 Å². The number of carboxylic acid groups (broad SMARTS) is 1. The van der Waals surface area contributed by atoms with Crippen molar-refractivity contribution in [2.75, 3.05) is 5.32 Å². The molecule has 0 fully saturated rings. The van der Waals surface area contributed by atoms with Crippen molar-refractivity contribution in [3.63, 3.8) is 0 Å². The number of aliphatic carboxylic acids is 1. The van der Waals surface area contributed by atoms with Crippen LogP contribution in [0.15, 0.2) is 48.8 Å². The lowest BCUT2D eigenvalue weighted by molar-refractivity contribution is -0.138. The summed E-state index contributed by atoms with van der Waals surface area (Å²) in [5.74, 6) is -1.24. The van der Waals surface area contributed by atoms with E-state index in [-0.39, 0.29) is 24.7 Å². The molecule has 0 aliphatic rings. The van der Waals surface area contributed by atoms with Crippen molar-refractivity contribution in [3.8, 4) is 5.69 Å². The number of amides is 1. The third-order valence-corrected chi connectivity index (χ3v) is 3.09. The number of hydrogen-bond acceptors (Lipinski definition) is 2. The first kappa shape index (κ1) is 14.8. The van der Waals surface area contributed by atoms with E-state index in [4.69, 9.17) is 5.11 Å². The van der Waals surface area contributed by atoms with Gasteiger partial charge in [0.1, 0.15) is 0 Å². The maximum absolute atomic E-state index is 11.9. The molecule has 2 aromatic rings. The first-order valence-corrected chi connectivity index (χ1v) is 6.79. The van der Waals surface area contributed by atoms with Gasteiger partial charge in [-0.15, -0.1) is 0 Å². The maximum atomic E-state index is 11.9. The Kier molecular flexibility index (Phi) is 4.77. The van der Waals surface area contributed by atoms with Gasteiger partial charge in [0.2, 0.25) is 5.91 Å². The molecule has 2 rings (SSSR count). The van der Waals surface area contributed by atoms with Gasteiger partial charge >= 0.3 is 5.97 Å². The fourth-order valence-electron chi connectivity index (χ4n) is 2.15. The molecule has 0 radical (unpaired) electrons. The molecule has 1 aromatic heterocycles. The zero-order valence-corrected chi connectivity index (χ0v) is 11.8. The predicted octanol–water partition coefficient (Wildman–Crippen LogP) is 2.92. The summed E-state index contributed by atoms with van der Waals surface area (Å²) in [7, 11) is 0. The number of carbonyl (C=O) groups excluding carboxylic acids is 1. The molecular formula is C16H18N2O3. The summed E-state index contributed by atoms with van der Waals surface area (Å²) in [6, 6.07) is 11.4. The van der Waals surface area contributed by atoms with Crippen molar-refractivity contribution >= 4 is 17.6 Å². The average molecular weight is 286 g/mol. The van der Waals surface area contributed by atoms with E-state index in [1.54, 1.807) is 6.92 Å². The smallest absolute Gasteiger partial charge is 0.303 e. The van der Waals surface area contributed by atoms with Crippen molar-refractivity contribution in [3.05, 3.63) is 48.8 Å². The van der Waals surface area contributed by atoms with Crippen molar-refractivity contribution in [2.45, 2.75) is 19.8 Å². The van der Waals surface area contributed by atoms with Crippen LogP contribution in [-0.2, 0) is 9.59 Å². The molecular weight excluding hydrogens is 268 g/mol. The standard InChI is InChI=1S/C16H18N2O3/c1-12(10-16(20)21)9-15(19)17-13-5-4-6-14(11-13)18-7-2-3-8-18/h2-8,11-12H,9-10H2,1H3,(H,17,19)(H,20,21). The molecule has 1 amide bonds.